The average molecular weight is 844 g/mol. The van der Waals surface area contributed by atoms with Crippen molar-refractivity contribution in [1.29, 1.82) is 0 Å². The first-order valence-electron chi connectivity index (χ1n) is 21.4. The summed E-state index contributed by atoms with van der Waals surface area (Å²) < 4.78 is 9.62. The van der Waals surface area contributed by atoms with Gasteiger partial charge in [0.25, 0.3) is 0 Å². The van der Waals surface area contributed by atoms with E-state index in [0.29, 0.717) is 24.7 Å². The second kappa shape index (κ2) is 16.9. The molecule has 0 saturated carbocycles. The van der Waals surface area contributed by atoms with Crippen LogP contribution < -0.4 is 10.6 Å². The van der Waals surface area contributed by atoms with E-state index in [1.54, 1.807) is 16.0 Å². The first-order valence-corrected chi connectivity index (χ1v) is 21.4. The Morgan fingerprint density at radius 1 is 0.661 bits per heavy atom. The predicted octanol–water partition coefficient (Wildman–Crippen LogP) is 7.38. The fourth-order valence-electron chi connectivity index (χ4n) is 9.76. The van der Waals surface area contributed by atoms with Crippen molar-refractivity contribution in [1.82, 2.24) is 45.3 Å². The van der Waals surface area contributed by atoms with E-state index in [-0.39, 0.29) is 35.7 Å². The lowest BCUT2D eigenvalue weighted by Crippen LogP contribution is -2.51. The number of benzene rings is 2. The fraction of sp³-hybridized carbons (Fsp3) is 0.447. The van der Waals surface area contributed by atoms with E-state index in [9.17, 15) is 19.2 Å². The number of amides is 4. The van der Waals surface area contributed by atoms with Crippen LogP contribution in [0.4, 0.5) is 9.59 Å². The quantitative estimate of drug-likeness (QED) is 0.112. The molecule has 2 aromatic carbocycles. The molecule has 4 N–H and O–H groups in total. The van der Waals surface area contributed by atoms with Crippen molar-refractivity contribution in [3.63, 3.8) is 0 Å². The summed E-state index contributed by atoms with van der Waals surface area (Å²) in [6, 6.07) is 11.2. The van der Waals surface area contributed by atoms with E-state index in [1.165, 1.54) is 30.9 Å². The average Bonchev–Trinajstić information content (AvgIpc) is 4.13. The first kappa shape index (κ1) is 42.5. The fourth-order valence-corrected chi connectivity index (χ4v) is 9.76. The van der Waals surface area contributed by atoms with Crippen LogP contribution in [0.15, 0.2) is 72.1 Å². The Morgan fingerprint density at radius 2 is 1.10 bits per heavy atom. The van der Waals surface area contributed by atoms with Crippen LogP contribution in [0.2, 0.25) is 0 Å². The van der Waals surface area contributed by atoms with Crippen LogP contribution >= 0.6 is 0 Å². The van der Waals surface area contributed by atoms with Gasteiger partial charge in [-0.15, -0.1) is 0 Å². The van der Waals surface area contributed by atoms with Gasteiger partial charge in [-0.1, -0.05) is 87.4 Å². The van der Waals surface area contributed by atoms with E-state index in [4.69, 9.17) is 19.4 Å². The molecule has 0 radical (unpaired) electrons. The number of imidazole rings is 2. The van der Waals surface area contributed by atoms with E-state index in [0.717, 1.165) is 52.1 Å². The minimum Gasteiger partial charge on any atom is -0.453 e. The van der Waals surface area contributed by atoms with Gasteiger partial charge in [0.15, 0.2) is 0 Å². The maximum absolute atomic E-state index is 13.9. The third-order valence-electron chi connectivity index (χ3n) is 12.9. The summed E-state index contributed by atoms with van der Waals surface area (Å²) in [5, 5.41) is 5.43. The number of nitrogens with zero attached hydrogens (tertiary/aromatic N) is 5. The van der Waals surface area contributed by atoms with Gasteiger partial charge < -0.3 is 39.9 Å². The number of carbonyl (C=O) groups is 4. The third kappa shape index (κ3) is 7.67. The Bertz CT molecular complexity index is 2450. The number of fused-ring (bicyclic) bond motifs is 5. The summed E-state index contributed by atoms with van der Waals surface area (Å²) in [5.41, 5.74) is 10.9. The van der Waals surface area contributed by atoms with Gasteiger partial charge in [-0.2, -0.15) is 0 Å². The van der Waals surface area contributed by atoms with Crippen LogP contribution in [0.5, 0.6) is 0 Å². The number of methoxy groups -OCH3 is 2. The highest BCUT2D eigenvalue weighted by Crippen LogP contribution is 2.57. The molecular weight excluding hydrogens is 787 g/mol. The molecule has 0 spiro atoms. The molecule has 4 aliphatic rings. The number of ether oxygens (including phenoxy) is 2. The lowest BCUT2D eigenvalue weighted by Gasteiger charge is -2.30. The molecule has 62 heavy (non-hydrogen) atoms. The Labute approximate surface area is 362 Å². The lowest BCUT2D eigenvalue weighted by molar-refractivity contribution is -0.135. The Kier molecular flexibility index (Phi) is 11.6. The predicted molar refractivity (Wildman–Crippen MR) is 234 cm³/mol. The van der Waals surface area contributed by atoms with Gasteiger partial charge in [-0.05, 0) is 73.4 Å². The second-order valence-corrected chi connectivity index (χ2v) is 17.8. The highest BCUT2D eigenvalue weighted by Gasteiger charge is 2.45. The molecule has 15 heteroatoms. The van der Waals surface area contributed by atoms with Crippen molar-refractivity contribution in [3.05, 3.63) is 94.9 Å². The zero-order valence-electron chi connectivity index (χ0n) is 36.9. The molecule has 15 nitrogen and oxygen atoms in total. The normalized spacial score (nSPS) is 21.5. The molecule has 4 aliphatic heterocycles. The van der Waals surface area contributed by atoms with Gasteiger partial charge in [0.05, 0.1) is 38.0 Å². The lowest BCUT2D eigenvalue weighted by atomic mass is 9.82. The molecule has 2 aromatic heterocycles. The molecule has 2 unspecified atom stereocenters. The van der Waals surface area contributed by atoms with Crippen LogP contribution in [0.3, 0.4) is 0 Å². The molecule has 2 bridgehead atoms. The number of hydrogen-bond donors (Lipinski definition) is 4. The maximum atomic E-state index is 13.9. The van der Waals surface area contributed by atoms with Crippen LogP contribution in [-0.4, -0.2) is 105 Å². The highest BCUT2D eigenvalue weighted by molar-refractivity contribution is 5.88. The summed E-state index contributed by atoms with van der Waals surface area (Å²) in [7, 11) is 4.79. The highest BCUT2D eigenvalue weighted by atomic mass is 16.5. The Morgan fingerprint density at radius 3 is 1.58 bits per heavy atom. The zero-order chi connectivity index (χ0) is 44.1. The van der Waals surface area contributed by atoms with Crippen LogP contribution in [0, 0.1) is 11.8 Å². The van der Waals surface area contributed by atoms with Crippen molar-refractivity contribution in [2.75, 3.05) is 34.4 Å². The number of rotatable bonds is 11. The Hall–Kier alpha value is -6.22. The van der Waals surface area contributed by atoms with Crippen molar-refractivity contribution in [2.45, 2.75) is 90.6 Å². The van der Waals surface area contributed by atoms with Crippen LogP contribution in [-0.2, 0) is 19.1 Å². The SMILES string of the molecule is COC(=O)N[C@H](C(=O)N1CC(C)=C[C@@H]1c1ncc(-c2ccc(-c3ccc(-c4cnc([C@@H]5C=C(C)CN5C(=O)[C@@H](NC(=O)OC)C(C)C)[nH]4)c4c3C3CCC4N3C)cc2)[nH]1)C(C)C. The maximum Gasteiger partial charge on any atom is 0.407 e. The third-order valence-corrected chi connectivity index (χ3v) is 12.9. The molecule has 8 rings (SSSR count). The smallest absolute Gasteiger partial charge is 0.407 e. The van der Waals surface area contributed by atoms with E-state index in [1.807, 2.05) is 53.8 Å². The van der Waals surface area contributed by atoms with Gasteiger partial charge in [0, 0.05) is 30.7 Å². The van der Waals surface area contributed by atoms with Crippen molar-refractivity contribution >= 4 is 24.0 Å². The van der Waals surface area contributed by atoms with E-state index < -0.39 is 36.4 Å². The summed E-state index contributed by atoms with van der Waals surface area (Å²) >= 11 is 0. The first-order chi connectivity index (χ1) is 29.7. The molecule has 4 amide bonds. The van der Waals surface area contributed by atoms with E-state index in [2.05, 4.69) is 75.0 Å². The van der Waals surface area contributed by atoms with Crippen LogP contribution in [0.25, 0.3) is 33.6 Å². The molecule has 6 heterocycles. The van der Waals surface area contributed by atoms with Gasteiger partial charge >= 0.3 is 12.2 Å². The minimum absolute atomic E-state index is 0.142. The number of aromatic amines is 2. The van der Waals surface area contributed by atoms with Gasteiger partial charge in [0.1, 0.15) is 35.8 Å². The van der Waals surface area contributed by atoms with Crippen LogP contribution in [0.1, 0.15) is 101 Å². The van der Waals surface area contributed by atoms with Gasteiger partial charge in [-0.25, -0.2) is 19.6 Å². The molecule has 6 atom stereocenters. The molecule has 4 aromatic rings. The molecule has 326 valence electrons. The van der Waals surface area contributed by atoms with Crippen molar-refractivity contribution in [2.24, 2.45) is 11.8 Å². The van der Waals surface area contributed by atoms with Gasteiger partial charge in [-0.3, -0.25) is 14.5 Å². The number of carbonyl (C=O) groups excluding carboxylic acids is 4. The number of hydrogen-bond acceptors (Lipinski definition) is 9. The number of nitrogens with one attached hydrogen (secondary N) is 4. The standard InChI is InChI=1S/C47H57N9O6/c1-24(2)40(52-46(59)61-8)44(57)55-22-26(5)18-36(55)42-48-20-32(50-42)29-12-10-28(11-13-29)30-14-15-31(39-35-17-16-34(38(30)39)54(35)7)33-21-49-43(51-33)37-19-27(6)23-56(37)45(58)41(25(3)4)53-47(60)62-9/h10-15,18-21,24-25,34-37,40-41H,16-17,22-23H2,1-9H3,(H,48,50)(H,49,51)(H,52,59)(H,53,60)/t34?,35?,36-,37+,40+,41+/m1/s1. The summed E-state index contributed by atoms with van der Waals surface area (Å²) in [6.07, 6.45) is 8.65. The zero-order valence-corrected chi connectivity index (χ0v) is 36.9. The largest absolute Gasteiger partial charge is 0.453 e. The summed E-state index contributed by atoms with van der Waals surface area (Å²) in [5.74, 6) is 0.661. The summed E-state index contributed by atoms with van der Waals surface area (Å²) in [6.45, 7) is 12.5. The molecule has 1 saturated heterocycles. The minimum atomic E-state index is -0.740. The van der Waals surface area contributed by atoms with E-state index >= 15 is 0 Å². The van der Waals surface area contributed by atoms with Crippen molar-refractivity contribution in [3.8, 4) is 33.6 Å². The number of aromatic nitrogens is 4. The monoisotopic (exact) mass is 843 g/mol. The van der Waals surface area contributed by atoms with Gasteiger partial charge in [0.2, 0.25) is 11.8 Å². The molecular formula is C47H57N9O6. The number of alkyl carbamates (subject to hydrolysis) is 2. The Balaban J connectivity index is 1.05. The summed E-state index contributed by atoms with van der Waals surface area (Å²) in [4.78, 5) is 74.6. The second-order valence-electron chi connectivity index (χ2n) is 17.8. The molecule has 0 aliphatic carbocycles. The molecule has 1 fully saturated rings. The topological polar surface area (TPSA) is 178 Å². The number of H-pyrrole nitrogens is 2. The van der Waals surface area contributed by atoms with Crippen molar-refractivity contribution < 1.29 is 28.7 Å².